The molecule has 0 heterocycles. The number of carbonyl (C=O) groups excluding carboxylic acids is 1. The molecule has 0 aromatic heterocycles. The fourth-order valence-electron chi connectivity index (χ4n) is 2.02. The van der Waals surface area contributed by atoms with Gasteiger partial charge in [-0.15, -0.1) is 0 Å². The Labute approximate surface area is 139 Å². The SMILES string of the molecule is CC(C)(C)OC(=O)NCCCC[C@H](N)COCc1ccccc1. The molecule has 0 aliphatic rings. The van der Waals surface area contributed by atoms with Crippen molar-refractivity contribution in [2.24, 2.45) is 5.73 Å². The minimum absolute atomic E-state index is 0.0280. The summed E-state index contributed by atoms with van der Waals surface area (Å²) in [6, 6.07) is 10.1. The van der Waals surface area contributed by atoms with E-state index in [0.29, 0.717) is 19.8 Å². The van der Waals surface area contributed by atoms with E-state index < -0.39 is 5.60 Å². The van der Waals surface area contributed by atoms with Crippen LogP contribution in [0.1, 0.15) is 45.6 Å². The van der Waals surface area contributed by atoms with E-state index in [1.807, 2.05) is 51.1 Å². The molecule has 130 valence electrons. The summed E-state index contributed by atoms with van der Waals surface area (Å²) in [5, 5.41) is 2.74. The molecule has 3 N–H and O–H groups in total. The molecular formula is C18H30N2O3. The number of hydrogen-bond donors (Lipinski definition) is 2. The molecule has 5 heteroatoms. The molecule has 1 aromatic rings. The van der Waals surface area contributed by atoms with E-state index in [-0.39, 0.29) is 12.1 Å². The van der Waals surface area contributed by atoms with Gasteiger partial charge < -0.3 is 20.5 Å². The maximum atomic E-state index is 11.5. The molecule has 0 saturated carbocycles. The normalized spacial score (nSPS) is 12.7. The number of alkyl carbamates (subject to hydrolysis) is 1. The predicted octanol–water partition coefficient (Wildman–Crippen LogP) is 3.23. The highest BCUT2D eigenvalue weighted by Gasteiger charge is 2.15. The summed E-state index contributed by atoms with van der Waals surface area (Å²) in [6.45, 7) is 7.29. The summed E-state index contributed by atoms with van der Waals surface area (Å²) < 4.78 is 10.8. The van der Waals surface area contributed by atoms with E-state index in [9.17, 15) is 4.79 Å². The van der Waals surface area contributed by atoms with Crippen LogP contribution in [0.3, 0.4) is 0 Å². The maximum Gasteiger partial charge on any atom is 0.407 e. The first-order valence-corrected chi connectivity index (χ1v) is 8.21. The van der Waals surface area contributed by atoms with Crippen LogP contribution in [-0.2, 0) is 16.1 Å². The number of hydrogen-bond acceptors (Lipinski definition) is 4. The van der Waals surface area contributed by atoms with Gasteiger partial charge in [0.2, 0.25) is 0 Å². The zero-order chi connectivity index (χ0) is 17.1. The fourth-order valence-corrected chi connectivity index (χ4v) is 2.02. The van der Waals surface area contributed by atoms with Gasteiger partial charge in [0, 0.05) is 12.6 Å². The molecule has 0 bridgehead atoms. The number of ether oxygens (including phenoxy) is 2. The van der Waals surface area contributed by atoms with Gasteiger partial charge in [0.15, 0.2) is 0 Å². The van der Waals surface area contributed by atoms with Crippen LogP contribution in [0.5, 0.6) is 0 Å². The van der Waals surface area contributed by atoms with Crippen LogP contribution in [-0.4, -0.2) is 30.9 Å². The minimum atomic E-state index is -0.456. The molecule has 0 fully saturated rings. The van der Waals surface area contributed by atoms with E-state index in [1.54, 1.807) is 0 Å². The first-order valence-electron chi connectivity index (χ1n) is 8.21. The molecule has 1 atom stereocenters. The fraction of sp³-hybridized carbons (Fsp3) is 0.611. The molecular weight excluding hydrogens is 292 g/mol. The summed E-state index contributed by atoms with van der Waals surface area (Å²) in [5.74, 6) is 0. The highest BCUT2D eigenvalue weighted by Crippen LogP contribution is 2.07. The van der Waals surface area contributed by atoms with Gasteiger partial charge in [-0.2, -0.15) is 0 Å². The standard InChI is InChI=1S/C18H30N2O3/c1-18(2,3)23-17(21)20-12-8-7-11-16(19)14-22-13-15-9-5-4-6-10-15/h4-6,9-10,16H,7-8,11-14,19H2,1-3H3,(H,20,21)/t16-/m0/s1. The molecule has 1 rings (SSSR count). The van der Waals surface area contributed by atoms with E-state index in [1.165, 1.54) is 0 Å². The van der Waals surface area contributed by atoms with Crippen molar-refractivity contribution in [3.05, 3.63) is 35.9 Å². The largest absolute Gasteiger partial charge is 0.444 e. The van der Waals surface area contributed by atoms with Gasteiger partial charge in [-0.3, -0.25) is 0 Å². The Morgan fingerprint density at radius 2 is 1.91 bits per heavy atom. The van der Waals surface area contributed by atoms with Gasteiger partial charge in [-0.05, 0) is 39.2 Å². The van der Waals surface area contributed by atoms with Gasteiger partial charge in [-0.25, -0.2) is 4.79 Å². The molecule has 0 spiro atoms. The second kappa shape index (κ2) is 10.2. The molecule has 0 saturated heterocycles. The van der Waals surface area contributed by atoms with Gasteiger partial charge in [0.05, 0.1) is 13.2 Å². The Bertz CT molecular complexity index is 443. The van der Waals surface area contributed by atoms with Crippen molar-refractivity contribution in [2.45, 2.75) is 58.3 Å². The van der Waals surface area contributed by atoms with E-state index in [4.69, 9.17) is 15.2 Å². The van der Waals surface area contributed by atoms with Crippen molar-refractivity contribution >= 4 is 6.09 Å². The Balaban J connectivity index is 1.99. The zero-order valence-corrected chi connectivity index (χ0v) is 14.5. The molecule has 0 aliphatic carbocycles. The monoisotopic (exact) mass is 322 g/mol. The Morgan fingerprint density at radius 1 is 1.22 bits per heavy atom. The predicted molar refractivity (Wildman–Crippen MR) is 92.2 cm³/mol. The van der Waals surface area contributed by atoms with E-state index in [0.717, 1.165) is 24.8 Å². The quantitative estimate of drug-likeness (QED) is 0.685. The summed E-state index contributed by atoms with van der Waals surface area (Å²) in [5.41, 5.74) is 6.72. The molecule has 5 nitrogen and oxygen atoms in total. The van der Waals surface area contributed by atoms with Crippen molar-refractivity contribution in [2.75, 3.05) is 13.2 Å². The van der Waals surface area contributed by atoms with E-state index in [2.05, 4.69) is 5.32 Å². The third kappa shape index (κ3) is 10.7. The van der Waals surface area contributed by atoms with Crippen molar-refractivity contribution < 1.29 is 14.3 Å². The summed E-state index contributed by atoms with van der Waals surface area (Å²) in [7, 11) is 0. The van der Waals surface area contributed by atoms with E-state index >= 15 is 0 Å². The van der Waals surface area contributed by atoms with Crippen LogP contribution in [0.4, 0.5) is 4.79 Å². The number of nitrogens with one attached hydrogen (secondary N) is 1. The molecule has 0 aliphatic heterocycles. The van der Waals surface area contributed by atoms with Crippen LogP contribution in [0.2, 0.25) is 0 Å². The summed E-state index contributed by atoms with van der Waals surface area (Å²) in [6.07, 6.45) is 2.34. The molecule has 23 heavy (non-hydrogen) atoms. The van der Waals surface area contributed by atoms with Gasteiger partial charge in [-0.1, -0.05) is 36.8 Å². The third-order valence-corrected chi connectivity index (χ3v) is 3.11. The number of unbranched alkanes of at least 4 members (excludes halogenated alkanes) is 1. The molecule has 1 aromatic carbocycles. The van der Waals surface area contributed by atoms with Gasteiger partial charge in [0.1, 0.15) is 5.60 Å². The number of rotatable bonds is 9. The van der Waals surface area contributed by atoms with Gasteiger partial charge >= 0.3 is 6.09 Å². The first kappa shape index (κ1) is 19.5. The average Bonchev–Trinajstić information content (AvgIpc) is 2.46. The lowest BCUT2D eigenvalue weighted by atomic mass is 10.1. The number of benzene rings is 1. The number of nitrogens with two attached hydrogens (primary N) is 1. The maximum absolute atomic E-state index is 11.5. The first-order chi connectivity index (χ1) is 10.9. The number of amides is 1. The Kier molecular flexibility index (Phi) is 8.66. The number of carbonyl (C=O) groups is 1. The Morgan fingerprint density at radius 3 is 2.57 bits per heavy atom. The van der Waals surface area contributed by atoms with Crippen LogP contribution in [0.15, 0.2) is 30.3 Å². The highest BCUT2D eigenvalue weighted by atomic mass is 16.6. The zero-order valence-electron chi connectivity index (χ0n) is 14.5. The molecule has 0 unspecified atom stereocenters. The van der Waals surface area contributed by atoms with Gasteiger partial charge in [0.25, 0.3) is 0 Å². The lowest BCUT2D eigenvalue weighted by molar-refractivity contribution is 0.0526. The summed E-state index contributed by atoms with van der Waals surface area (Å²) >= 11 is 0. The van der Waals surface area contributed by atoms with Crippen molar-refractivity contribution in [1.29, 1.82) is 0 Å². The minimum Gasteiger partial charge on any atom is -0.444 e. The second-order valence-electron chi connectivity index (χ2n) is 6.69. The summed E-state index contributed by atoms with van der Waals surface area (Å²) in [4.78, 5) is 11.5. The lowest BCUT2D eigenvalue weighted by Crippen LogP contribution is -2.33. The average molecular weight is 322 g/mol. The van der Waals surface area contributed by atoms with Crippen LogP contribution in [0.25, 0.3) is 0 Å². The Hall–Kier alpha value is -1.59. The smallest absolute Gasteiger partial charge is 0.407 e. The third-order valence-electron chi connectivity index (χ3n) is 3.11. The highest BCUT2D eigenvalue weighted by molar-refractivity contribution is 5.67. The topological polar surface area (TPSA) is 73.6 Å². The van der Waals surface area contributed by atoms with Crippen molar-refractivity contribution in [1.82, 2.24) is 5.32 Å². The van der Waals surface area contributed by atoms with Crippen molar-refractivity contribution in [3.63, 3.8) is 0 Å². The van der Waals surface area contributed by atoms with Crippen molar-refractivity contribution in [3.8, 4) is 0 Å². The lowest BCUT2D eigenvalue weighted by Gasteiger charge is -2.19. The second-order valence-corrected chi connectivity index (χ2v) is 6.69. The molecule has 1 amide bonds. The van der Waals surface area contributed by atoms with Crippen LogP contribution >= 0.6 is 0 Å². The molecule has 0 radical (unpaired) electrons. The van der Waals surface area contributed by atoms with Crippen LogP contribution < -0.4 is 11.1 Å². The van der Waals surface area contributed by atoms with Crippen LogP contribution in [0, 0.1) is 0 Å².